The minimum Gasteiger partial charge on any atom is -0.415 e. The van der Waals surface area contributed by atoms with Crippen molar-refractivity contribution in [1.82, 2.24) is 14.8 Å². The Hall–Kier alpha value is -2.68. The van der Waals surface area contributed by atoms with E-state index >= 15 is 0 Å². The number of nitrogens with zero attached hydrogens (tertiary/aromatic N) is 3. The molecule has 0 bridgehead atoms. The molecular weight excluding hydrogens is 328 g/mol. The molecule has 6 nitrogen and oxygen atoms in total. The van der Waals surface area contributed by atoms with Gasteiger partial charge in [0.1, 0.15) is 0 Å². The minimum atomic E-state index is -2.87. The van der Waals surface area contributed by atoms with Crippen LogP contribution in [0.4, 0.5) is 8.78 Å². The maximum absolute atomic E-state index is 12.4. The number of carbonyl (C=O) groups is 1. The summed E-state index contributed by atoms with van der Waals surface area (Å²) in [5.41, 5.74) is -0.251. The Kier molecular flexibility index (Phi) is 4.11. The Morgan fingerprint density at radius 2 is 2.17 bits per heavy atom. The quantitative estimate of drug-likeness (QED) is 0.669. The molecule has 0 spiro atoms. The number of ketones is 1. The molecule has 3 heterocycles. The lowest BCUT2D eigenvalue weighted by Crippen LogP contribution is -2.22. The maximum atomic E-state index is 12.4. The molecule has 0 amide bonds. The number of aromatic nitrogens is 3. The molecule has 0 unspecified atom stereocenters. The van der Waals surface area contributed by atoms with Gasteiger partial charge in [0.15, 0.2) is 5.78 Å². The molecule has 0 atom stereocenters. The molecule has 0 fully saturated rings. The van der Waals surface area contributed by atoms with E-state index in [9.17, 15) is 18.4 Å². The van der Waals surface area contributed by atoms with Crippen molar-refractivity contribution in [3.8, 4) is 11.5 Å². The first-order valence-corrected chi connectivity index (χ1v) is 7.31. The summed E-state index contributed by atoms with van der Waals surface area (Å²) in [7, 11) is 0. The molecule has 0 N–H and O–H groups in total. The Balaban J connectivity index is 1.83. The molecule has 3 aromatic heterocycles. The number of halogens is 2. The maximum Gasteiger partial charge on any atom is 0.314 e. The Bertz CT molecular complexity index is 887. The molecule has 3 aromatic rings. The third-order valence-electron chi connectivity index (χ3n) is 2.98. The van der Waals surface area contributed by atoms with E-state index in [4.69, 9.17) is 4.42 Å². The second kappa shape index (κ2) is 6.21. The first kappa shape index (κ1) is 15.2. The van der Waals surface area contributed by atoms with Crippen molar-refractivity contribution in [3.63, 3.8) is 0 Å². The van der Waals surface area contributed by atoms with Gasteiger partial charge in [0.25, 0.3) is 11.4 Å². The number of pyridine rings is 1. The number of carbonyl (C=O) groups excluding carboxylic acids is 1. The van der Waals surface area contributed by atoms with Gasteiger partial charge in [-0.05, 0) is 17.5 Å². The molecule has 0 aliphatic heterocycles. The summed E-state index contributed by atoms with van der Waals surface area (Å²) >= 11 is 1.29. The van der Waals surface area contributed by atoms with E-state index < -0.39 is 17.9 Å². The van der Waals surface area contributed by atoms with Gasteiger partial charge in [-0.25, -0.2) is 0 Å². The van der Waals surface area contributed by atoms with Gasteiger partial charge in [0, 0.05) is 17.8 Å². The summed E-state index contributed by atoms with van der Waals surface area (Å²) in [6.07, 6.45) is -1.49. The fraction of sp³-hybridized carbons (Fsp3) is 0.143. The van der Waals surface area contributed by atoms with Crippen LogP contribution >= 0.6 is 11.3 Å². The molecule has 23 heavy (non-hydrogen) atoms. The van der Waals surface area contributed by atoms with Crippen LogP contribution in [0.3, 0.4) is 0 Å². The van der Waals surface area contributed by atoms with Crippen LogP contribution in [-0.2, 0) is 6.54 Å². The van der Waals surface area contributed by atoms with E-state index in [1.165, 1.54) is 28.2 Å². The third kappa shape index (κ3) is 3.24. The Morgan fingerprint density at radius 1 is 1.35 bits per heavy atom. The first-order valence-electron chi connectivity index (χ1n) is 6.43. The average Bonchev–Trinajstić information content (AvgIpc) is 3.20. The monoisotopic (exact) mass is 337 g/mol. The van der Waals surface area contributed by atoms with Gasteiger partial charge in [-0.2, -0.15) is 8.78 Å². The van der Waals surface area contributed by atoms with Crippen molar-refractivity contribution in [2.75, 3.05) is 0 Å². The van der Waals surface area contributed by atoms with Crippen LogP contribution in [0.1, 0.15) is 22.0 Å². The average molecular weight is 337 g/mol. The van der Waals surface area contributed by atoms with Gasteiger partial charge in [-0.1, -0.05) is 6.07 Å². The molecule has 0 saturated carbocycles. The summed E-state index contributed by atoms with van der Waals surface area (Å²) < 4.78 is 30.8. The topological polar surface area (TPSA) is 78.0 Å². The summed E-state index contributed by atoms with van der Waals surface area (Å²) in [6, 6.07) is 6.03. The number of alkyl halides is 2. The number of thiophene rings is 1. The molecule has 118 valence electrons. The van der Waals surface area contributed by atoms with E-state index in [1.54, 1.807) is 17.5 Å². The van der Waals surface area contributed by atoms with Crippen LogP contribution in [0.25, 0.3) is 11.5 Å². The van der Waals surface area contributed by atoms with Crippen LogP contribution in [0.2, 0.25) is 0 Å². The van der Waals surface area contributed by atoms with Gasteiger partial charge >= 0.3 is 6.43 Å². The standard InChI is InChI=1S/C14H9F2N3O3S/c15-12(16)14-18-17-13(22-14)8-3-4-19(11(21)6-8)7-9(20)10-2-1-5-23-10/h1-6,12H,7H2. The molecular formula is C14H9F2N3O3S. The van der Waals surface area contributed by atoms with Crippen molar-refractivity contribution >= 4 is 17.1 Å². The second-order valence-electron chi connectivity index (χ2n) is 4.53. The van der Waals surface area contributed by atoms with Gasteiger partial charge in [0.2, 0.25) is 5.89 Å². The van der Waals surface area contributed by atoms with Crippen molar-refractivity contribution < 1.29 is 18.0 Å². The van der Waals surface area contributed by atoms with Crippen LogP contribution in [0.15, 0.2) is 45.1 Å². The Morgan fingerprint density at radius 3 is 2.78 bits per heavy atom. The fourth-order valence-corrected chi connectivity index (χ4v) is 2.54. The summed E-state index contributed by atoms with van der Waals surface area (Å²) in [4.78, 5) is 24.6. The van der Waals surface area contributed by atoms with E-state index in [1.807, 2.05) is 0 Å². The zero-order valence-electron chi connectivity index (χ0n) is 11.5. The van der Waals surface area contributed by atoms with Crippen LogP contribution in [-0.4, -0.2) is 20.5 Å². The predicted molar refractivity (Wildman–Crippen MR) is 77.6 cm³/mol. The summed E-state index contributed by atoms with van der Waals surface area (Å²) in [5, 5.41) is 8.44. The lowest BCUT2D eigenvalue weighted by atomic mass is 10.2. The number of rotatable bonds is 5. The predicted octanol–water partition coefficient (Wildman–Crippen LogP) is 2.78. The number of hydrogen-bond acceptors (Lipinski definition) is 6. The molecule has 9 heteroatoms. The fourth-order valence-electron chi connectivity index (χ4n) is 1.88. The number of Topliss-reactive ketones (excluding diaryl/α,β-unsaturated/α-hetero) is 1. The van der Waals surface area contributed by atoms with E-state index in [0.717, 1.165) is 6.07 Å². The molecule has 0 aromatic carbocycles. The summed E-state index contributed by atoms with van der Waals surface area (Å²) in [6.45, 7) is -0.105. The smallest absolute Gasteiger partial charge is 0.314 e. The van der Waals surface area contributed by atoms with Crippen molar-refractivity contribution in [2.24, 2.45) is 0 Å². The molecule has 0 saturated heterocycles. The zero-order chi connectivity index (χ0) is 16.4. The SMILES string of the molecule is O=C(Cn1ccc(-c2nnc(C(F)F)o2)cc1=O)c1cccs1. The Labute approximate surface area is 132 Å². The molecule has 0 aliphatic rings. The highest BCUT2D eigenvalue weighted by molar-refractivity contribution is 7.12. The normalized spacial score (nSPS) is 11.1. The third-order valence-corrected chi connectivity index (χ3v) is 3.89. The first-order chi connectivity index (χ1) is 11.0. The second-order valence-corrected chi connectivity index (χ2v) is 5.48. The summed E-state index contributed by atoms with van der Waals surface area (Å²) in [5.74, 6) is -1.17. The highest BCUT2D eigenvalue weighted by Gasteiger charge is 2.17. The van der Waals surface area contributed by atoms with Crippen LogP contribution in [0.5, 0.6) is 0 Å². The molecule has 0 aliphatic carbocycles. The van der Waals surface area contributed by atoms with E-state index in [2.05, 4.69) is 10.2 Å². The highest BCUT2D eigenvalue weighted by Crippen LogP contribution is 2.22. The van der Waals surface area contributed by atoms with Crippen molar-refractivity contribution in [1.29, 1.82) is 0 Å². The van der Waals surface area contributed by atoms with Gasteiger partial charge in [-0.3, -0.25) is 9.59 Å². The zero-order valence-corrected chi connectivity index (χ0v) is 12.3. The van der Waals surface area contributed by atoms with Gasteiger partial charge < -0.3 is 8.98 Å². The molecule has 0 radical (unpaired) electrons. The van der Waals surface area contributed by atoms with Gasteiger partial charge in [-0.15, -0.1) is 21.5 Å². The highest BCUT2D eigenvalue weighted by atomic mass is 32.1. The van der Waals surface area contributed by atoms with E-state index in [0.29, 0.717) is 4.88 Å². The lowest BCUT2D eigenvalue weighted by Gasteiger charge is -2.04. The minimum absolute atomic E-state index is 0.105. The van der Waals surface area contributed by atoms with Gasteiger partial charge in [0.05, 0.1) is 11.4 Å². The van der Waals surface area contributed by atoms with Crippen LogP contribution < -0.4 is 5.56 Å². The lowest BCUT2D eigenvalue weighted by molar-refractivity contribution is 0.0974. The number of hydrogen-bond donors (Lipinski definition) is 0. The molecule has 3 rings (SSSR count). The van der Waals surface area contributed by atoms with E-state index in [-0.39, 0.29) is 23.8 Å². The van der Waals surface area contributed by atoms with Crippen molar-refractivity contribution in [3.05, 3.63) is 57.0 Å². The van der Waals surface area contributed by atoms with Crippen molar-refractivity contribution in [2.45, 2.75) is 13.0 Å². The van der Waals surface area contributed by atoms with Crippen LogP contribution in [0, 0.1) is 0 Å². The largest absolute Gasteiger partial charge is 0.415 e.